The molecule has 2 aliphatic rings. The number of nitrogens with zero attached hydrogens (tertiary/aromatic N) is 1. The summed E-state index contributed by atoms with van der Waals surface area (Å²) in [6.07, 6.45) is 4.65. The van der Waals surface area contributed by atoms with Gasteiger partial charge in [0.05, 0.1) is 6.04 Å². The second-order valence-electron chi connectivity index (χ2n) is 7.47. The molecule has 25 heavy (non-hydrogen) atoms. The number of nitrogens with one attached hydrogen (secondary N) is 2. The second kappa shape index (κ2) is 6.50. The van der Waals surface area contributed by atoms with Gasteiger partial charge < -0.3 is 10.6 Å². The minimum Gasteiger partial charge on any atom is -0.348 e. The van der Waals surface area contributed by atoms with E-state index in [1.165, 1.54) is 24.0 Å². The van der Waals surface area contributed by atoms with Gasteiger partial charge in [-0.1, -0.05) is 18.2 Å². The van der Waals surface area contributed by atoms with Crippen molar-refractivity contribution in [2.75, 3.05) is 6.54 Å². The Hall–Kier alpha value is -2.37. The van der Waals surface area contributed by atoms with Crippen LogP contribution in [0.4, 0.5) is 4.79 Å². The highest BCUT2D eigenvalue weighted by atomic mass is 16.2. The van der Waals surface area contributed by atoms with Gasteiger partial charge in [0.25, 0.3) is 5.91 Å². The molecule has 3 rings (SSSR count). The lowest BCUT2D eigenvalue weighted by Crippen LogP contribution is -2.43. The number of carbonyl (C=O) groups excluding carboxylic acids is 3. The van der Waals surface area contributed by atoms with Gasteiger partial charge in [0.2, 0.25) is 5.91 Å². The highest BCUT2D eigenvalue weighted by molar-refractivity contribution is 6.08. The van der Waals surface area contributed by atoms with Crippen molar-refractivity contribution < 1.29 is 14.4 Å². The number of amides is 4. The molecule has 2 N–H and O–H groups in total. The van der Waals surface area contributed by atoms with Gasteiger partial charge in [0.15, 0.2) is 0 Å². The summed E-state index contributed by atoms with van der Waals surface area (Å²) in [7, 11) is 0. The molecule has 1 heterocycles. The Bertz CT molecular complexity index is 727. The Balaban J connectivity index is 1.63. The molecule has 0 bridgehead atoms. The van der Waals surface area contributed by atoms with Crippen LogP contribution in [0.1, 0.15) is 56.3 Å². The summed E-state index contributed by atoms with van der Waals surface area (Å²) in [6, 6.07) is 5.66. The van der Waals surface area contributed by atoms with E-state index in [2.05, 4.69) is 22.8 Å². The Morgan fingerprint density at radius 2 is 1.92 bits per heavy atom. The fourth-order valence-corrected chi connectivity index (χ4v) is 3.50. The first-order valence-corrected chi connectivity index (χ1v) is 8.83. The Morgan fingerprint density at radius 3 is 2.56 bits per heavy atom. The third-order valence-electron chi connectivity index (χ3n) is 5.00. The molecule has 6 nitrogen and oxygen atoms in total. The largest absolute Gasteiger partial charge is 0.348 e. The van der Waals surface area contributed by atoms with Crippen LogP contribution in [-0.4, -0.2) is 34.8 Å². The number of carbonyl (C=O) groups is 3. The molecular formula is C19H25N3O3. The summed E-state index contributed by atoms with van der Waals surface area (Å²) in [6.45, 7) is 4.91. The zero-order valence-corrected chi connectivity index (χ0v) is 15.0. The summed E-state index contributed by atoms with van der Waals surface area (Å²) in [4.78, 5) is 37.3. The standard InChI is InChI=1S/C19H25N3O3/c1-12(14-9-8-13-6-4-5-7-15(13)10-14)20-16(23)11-22-17(24)19(2,3)21-18(22)25/h8-10,12H,4-7,11H2,1-3H3,(H,20,23)(H,21,25)/t12-/m1/s1. The van der Waals surface area contributed by atoms with Gasteiger partial charge in [-0.15, -0.1) is 0 Å². The SMILES string of the molecule is C[C@@H](NC(=O)CN1C(=O)NC(C)(C)C1=O)c1ccc2c(c1)CCCC2. The number of hydrogen-bond donors (Lipinski definition) is 2. The van der Waals surface area contributed by atoms with Gasteiger partial charge in [-0.2, -0.15) is 0 Å². The number of fused-ring (bicyclic) bond motifs is 1. The zero-order chi connectivity index (χ0) is 18.2. The van der Waals surface area contributed by atoms with Crippen LogP contribution in [0.15, 0.2) is 18.2 Å². The normalized spacial score (nSPS) is 20.0. The number of rotatable bonds is 4. The van der Waals surface area contributed by atoms with Crippen LogP contribution < -0.4 is 10.6 Å². The topological polar surface area (TPSA) is 78.5 Å². The highest BCUT2D eigenvalue weighted by Crippen LogP contribution is 2.25. The third-order valence-corrected chi connectivity index (χ3v) is 5.00. The number of imide groups is 1. The molecule has 0 radical (unpaired) electrons. The van der Waals surface area contributed by atoms with Crippen molar-refractivity contribution in [3.63, 3.8) is 0 Å². The van der Waals surface area contributed by atoms with E-state index in [0.29, 0.717) is 0 Å². The molecule has 0 saturated carbocycles. The van der Waals surface area contributed by atoms with Crippen LogP contribution in [0.25, 0.3) is 0 Å². The maximum atomic E-state index is 12.3. The molecular weight excluding hydrogens is 318 g/mol. The van der Waals surface area contributed by atoms with E-state index in [0.717, 1.165) is 23.3 Å². The lowest BCUT2D eigenvalue weighted by atomic mass is 9.89. The van der Waals surface area contributed by atoms with E-state index >= 15 is 0 Å². The van der Waals surface area contributed by atoms with E-state index in [1.54, 1.807) is 13.8 Å². The minimum absolute atomic E-state index is 0.173. The summed E-state index contributed by atoms with van der Waals surface area (Å²) < 4.78 is 0. The summed E-state index contributed by atoms with van der Waals surface area (Å²) in [5.74, 6) is -0.722. The maximum Gasteiger partial charge on any atom is 0.325 e. The Labute approximate surface area is 148 Å². The third kappa shape index (κ3) is 3.52. The number of hydrogen-bond acceptors (Lipinski definition) is 3. The lowest BCUT2D eigenvalue weighted by molar-refractivity contribution is -0.134. The van der Waals surface area contributed by atoms with E-state index < -0.39 is 11.6 Å². The Kier molecular flexibility index (Phi) is 4.54. The smallest absolute Gasteiger partial charge is 0.325 e. The monoisotopic (exact) mass is 343 g/mol. The lowest BCUT2D eigenvalue weighted by Gasteiger charge is -2.21. The molecule has 1 saturated heterocycles. The number of aryl methyl sites for hydroxylation is 2. The van der Waals surface area contributed by atoms with E-state index in [9.17, 15) is 14.4 Å². The van der Waals surface area contributed by atoms with E-state index in [4.69, 9.17) is 0 Å². The molecule has 6 heteroatoms. The Morgan fingerprint density at radius 1 is 1.24 bits per heavy atom. The second-order valence-corrected chi connectivity index (χ2v) is 7.47. The molecule has 0 unspecified atom stereocenters. The van der Waals surface area contributed by atoms with Gasteiger partial charge in [0, 0.05) is 0 Å². The summed E-state index contributed by atoms with van der Waals surface area (Å²) in [5.41, 5.74) is 2.85. The van der Waals surface area contributed by atoms with Crippen LogP contribution in [-0.2, 0) is 22.4 Å². The molecule has 1 atom stereocenters. The van der Waals surface area contributed by atoms with Crippen molar-refractivity contribution in [1.29, 1.82) is 0 Å². The van der Waals surface area contributed by atoms with Gasteiger partial charge in [-0.3, -0.25) is 14.5 Å². The molecule has 1 aliphatic carbocycles. The predicted octanol–water partition coefficient (Wildman–Crippen LogP) is 2.07. The molecule has 134 valence electrons. The van der Waals surface area contributed by atoms with Crippen molar-refractivity contribution in [1.82, 2.24) is 15.5 Å². The molecule has 1 aromatic rings. The molecule has 1 fully saturated rings. The molecule has 1 aliphatic heterocycles. The van der Waals surface area contributed by atoms with E-state index in [-0.39, 0.29) is 24.4 Å². The molecule has 4 amide bonds. The van der Waals surface area contributed by atoms with Crippen LogP contribution >= 0.6 is 0 Å². The van der Waals surface area contributed by atoms with Crippen molar-refractivity contribution in [3.8, 4) is 0 Å². The highest BCUT2D eigenvalue weighted by Gasteiger charge is 2.44. The van der Waals surface area contributed by atoms with Crippen molar-refractivity contribution in [2.24, 2.45) is 0 Å². The van der Waals surface area contributed by atoms with Crippen molar-refractivity contribution >= 4 is 17.8 Å². The summed E-state index contributed by atoms with van der Waals surface area (Å²) >= 11 is 0. The van der Waals surface area contributed by atoms with Crippen molar-refractivity contribution in [3.05, 3.63) is 34.9 Å². The molecule has 0 spiro atoms. The van der Waals surface area contributed by atoms with E-state index in [1.807, 2.05) is 13.0 Å². The quantitative estimate of drug-likeness (QED) is 0.822. The zero-order valence-electron chi connectivity index (χ0n) is 15.0. The number of benzene rings is 1. The van der Waals surface area contributed by atoms with Gasteiger partial charge in [-0.05, 0) is 63.1 Å². The van der Waals surface area contributed by atoms with Crippen LogP contribution in [0.2, 0.25) is 0 Å². The minimum atomic E-state index is -0.957. The fourth-order valence-electron chi connectivity index (χ4n) is 3.50. The van der Waals surface area contributed by atoms with Gasteiger partial charge in [-0.25, -0.2) is 4.79 Å². The predicted molar refractivity (Wildman–Crippen MR) is 94.0 cm³/mol. The van der Waals surface area contributed by atoms with Crippen LogP contribution in [0.5, 0.6) is 0 Å². The molecule has 0 aromatic heterocycles. The molecule has 1 aromatic carbocycles. The number of urea groups is 1. The van der Waals surface area contributed by atoms with Gasteiger partial charge >= 0.3 is 6.03 Å². The maximum absolute atomic E-state index is 12.3. The average Bonchev–Trinajstić information content (AvgIpc) is 2.76. The van der Waals surface area contributed by atoms with Crippen molar-refractivity contribution in [2.45, 2.75) is 58.0 Å². The van der Waals surface area contributed by atoms with Crippen LogP contribution in [0.3, 0.4) is 0 Å². The average molecular weight is 343 g/mol. The van der Waals surface area contributed by atoms with Gasteiger partial charge in [0.1, 0.15) is 12.1 Å². The first kappa shape index (κ1) is 17.5. The first-order chi connectivity index (χ1) is 11.8. The fraction of sp³-hybridized carbons (Fsp3) is 0.526. The summed E-state index contributed by atoms with van der Waals surface area (Å²) in [5, 5.41) is 5.46. The first-order valence-electron chi connectivity index (χ1n) is 8.83. The van der Waals surface area contributed by atoms with Crippen LogP contribution in [0, 0.1) is 0 Å².